The Labute approximate surface area is 191 Å². The Hall–Kier alpha value is -3.03. The van der Waals surface area contributed by atoms with Crippen LogP contribution in [0.15, 0.2) is 49.1 Å². The molecule has 5 heterocycles. The van der Waals surface area contributed by atoms with Crippen molar-refractivity contribution in [3.8, 4) is 11.3 Å². The third-order valence-corrected chi connectivity index (χ3v) is 7.72. The third kappa shape index (κ3) is 2.84. The van der Waals surface area contributed by atoms with Crippen LogP contribution >= 0.6 is 11.6 Å². The summed E-state index contributed by atoms with van der Waals surface area (Å²) in [5.74, 6) is 0.949. The Kier molecular flexibility index (Phi) is 4.45. The minimum atomic E-state index is 0.0516. The quantitative estimate of drug-likeness (QED) is 0.502. The first-order valence-electron chi connectivity index (χ1n) is 11.0. The number of piperidine rings is 1. The van der Waals surface area contributed by atoms with E-state index in [0.29, 0.717) is 5.02 Å². The highest BCUT2D eigenvalue weighted by molar-refractivity contribution is 6.33. The van der Waals surface area contributed by atoms with Crippen molar-refractivity contribution in [2.45, 2.75) is 32.2 Å². The summed E-state index contributed by atoms with van der Waals surface area (Å²) in [6.45, 7) is 3.72. The van der Waals surface area contributed by atoms with Crippen LogP contribution in [-0.2, 0) is 6.42 Å². The van der Waals surface area contributed by atoms with E-state index in [4.69, 9.17) is 22.3 Å². The van der Waals surface area contributed by atoms with Gasteiger partial charge in [-0.2, -0.15) is 5.10 Å². The smallest absolute Gasteiger partial charge is 0.154 e. The molecule has 0 radical (unpaired) electrons. The fourth-order valence-corrected chi connectivity index (χ4v) is 5.60. The second-order valence-corrected chi connectivity index (χ2v) is 9.27. The van der Waals surface area contributed by atoms with Crippen LogP contribution in [0.3, 0.4) is 0 Å². The molecule has 8 heteroatoms. The average Bonchev–Trinajstić information content (AvgIpc) is 3.40. The maximum Gasteiger partial charge on any atom is 0.154 e. The molecule has 1 aliphatic heterocycles. The minimum Gasteiger partial charge on any atom is -0.355 e. The zero-order valence-corrected chi connectivity index (χ0v) is 18.6. The predicted octanol–water partition coefficient (Wildman–Crippen LogP) is 3.99. The molecule has 1 atom stereocenters. The lowest BCUT2D eigenvalue weighted by Crippen LogP contribution is -2.44. The van der Waals surface area contributed by atoms with Crippen LogP contribution in [-0.4, -0.2) is 37.7 Å². The van der Waals surface area contributed by atoms with Crippen molar-refractivity contribution in [2.24, 2.45) is 11.1 Å². The van der Waals surface area contributed by atoms with Gasteiger partial charge in [-0.05, 0) is 55.4 Å². The molecule has 32 heavy (non-hydrogen) atoms. The van der Waals surface area contributed by atoms with Crippen LogP contribution < -0.4 is 10.6 Å². The molecule has 1 spiro atoms. The largest absolute Gasteiger partial charge is 0.355 e. The Balaban J connectivity index is 1.31. The normalized spacial score (nSPS) is 19.6. The molecule has 0 amide bonds. The third-order valence-electron chi connectivity index (χ3n) is 7.25. The van der Waals surface area contributed by atoms with Crippen LogP contribution in [0.25, 0.3) is 16.8 Å². The van der Waals surface area contributed by atoms with E-state index in [2.05, 4.69) is 26.0 Å². The molecule has 162 valence electrons. The van der Waals surface area contributed by atoms with Crippen molar-refractivity contribution in [2.75, 3.05) is 18.0 Å². The Bertz CT molecular complexity index is 1320. The summed E-state index contributed by atoms with van der Waals surface area (Å²) in [6.07, 6.45) is 10.3. The topological polar surface area (TPSA) is 85.2 Å². The molecule has 0 bridgehead atoms. The Morgan fingerprint density at radius 3 is 2.72 bits per heavy atom. The number of halogens is 1. The minimum absolute atomic E-state index is 0.0516. The van der Waals surface area contributed by atoms with Crippen LogP contribution in [0.1, 0.15) is 35.8 Å². The highest BCUT2D eigenvalue weighted by Gasteiger charge is 2.46. The van der Waals surface area contributed by atoms with Gasteiger partial charge in [0.15, 0.2) is 5.82 Å². The zero-order chi connectivity index (χ0) is 21.9. The van der Waals surface area contributed by atoms with Crippen LogP contribution in [0, 0.1) is 12.3 Å². The van der Waals surface area contributed by atoms with Gasteiger partial charge in [-0.25, -0.2) is 9.50 Å². The lowest BCUT2D eigenvalue weighted by atomic mass is 9.73. The summed E-state index contributed by atoms with van der Waals surface area (Å²) in [7, 11) is 0. The highest BCUT2D eigenvalue weighted by atomic mass is 35.5. The number of hydrogen-bond acceptors (Lipinski definition) is 6. The molecular formula is C24H24ClN7. The van der Waals surface area contributed by atoms with Crippen LogP contribution in [0.2, 0.25) is 5.02 Å². The molecule has 0 saturated carbocycles. The SMILES string of the molecule is Cc1nccc(-c2cnc(N3CCC4(CC3)Cc3ncccc3[C@H]4N)c3ccnn23)c1Cl. The summed E-state index contributed by atoms with van der Waals surface area (Å²) >= 11 is 6.55. The second-order valence-electron chi connectivity index (χ2n) is 8.90. The van der Waals surface area contributed by atoms with Gasteiger partial charge in [-0.1, -0.05) is 17.7 Å². The Morgan fingerprint density at radius 1 is 1.06 bits per heavy atom. The first kappa shape index (κ1) is 19.6. The highest BCUT2D eigenvalue weighted by Crippen LogP contribution is 2.50. The van der Waals surface area contributed by atoms with E-state index in [0.717, 1.165) is 60.6 Å². The molecule has 6 rings (SSSR count). The van der Waals surface area contributed by atoms with Gasteiger partial charge in [-0.3, -0.25) is 9.97 Å². The number of hydrogen-bond donors (Lipinski definition) is 1. The van der Waals surface area contributed by atoms with Gasteiger partial charge in [-0.15, -0.1) is 0 Å². The number of nitrogens with zero attached hydrogens (tertiary/aromatic N) is 6. The number of nitrogens with two attached hydrogens (primary N) is 1. The van der Waals surface area contributed by atoms with E-state index in [-0.39, 0.29) is 11.5 Å². The molecule has 4 aromatic heterocycles. The van der Waals surface area contributed by atoms with Crippen molar-refractivity contribution >= 4 is 22.9 Å². The fraction of sp³-hybridized carbons (Fsp3) is 0.333. The number of rotatable bonds is 2. The molecule has 2 aliphatic rings. The Morgan fingerprint density at radius 2 is 1.91 bits per heavy atom. The summed E-state index contributed by atoms with van der Waals surface area (Å²) in [6, 6.07) is 8.10. The number of aryl methyl sites for hydroxylation is 1. The lowest BCUT2D eigenvalue weighted by Gasteiger charge is -2.42. The van der Waals surface area contributed by atoms with E-state index < -0.39 is 0 Å². The molecule has 1 saturated heterocycles. The first-order valence-corrected chi connectivity index (χ1v) is 11.3. The monoisotopic (exact) mass is 445 g/mol. The summed E-state index contributed by atoms with van der Waals surface area (Å²) < 4.78 is 1.93. The molecule has 7 nitrogen and oxygen atoms in total. The molecule has 0 unspecified atom stereocenters. The maximum absolute atomic E-state index is 6.72. The fourth-order valence-electron chi connectivity index (χ4n) is 5.39. The zero-order valence-electron chi connectivity index (χ0n) is 17.9. The molecular weight excluding hydrogens is 422 g/mol. The van der Waals surface area contributed by atoms with Crippen LogP contribution in [0.4, 0.5) is 5.82 Å². The number of fused-ring (bicyclic) bond motifs is 2. The second kappa shape index (κ2) is 7.25. The van der Waals surface area contributed by atoms with Crippen molar-refractivity contribution in [3.63, 3.8) is 0 Å². The standard InChI is InChI=1S/C24H24ClN7/c1-15-21(25)17(4-9-27-15)20-14-29-23(19-5-10-30-32(19)20)31-11-6-24(7-12-31)13-18-16(22(24)26)3-2-8-28-18/h2-5,8-10,14,22H,6-7,11-13,26H2,1H3/t22-/m1/s1. The summed E-state index contributed by atoms with van der Waals surface area (Å²) in [5.41, 5.74) is 12.7. The van der Waals surface area contributed by atoms with Gasteiger partial charge in [0.05, 0.1) is 28.8 Å². The van der Waals surface area contributed by atoms with Crippen molar-refractivity contribution < 1.29 is 0 Å². The first-order chi connectivity index (χ1) is 15.6. The molecule has 1 fully saturated rings. The molecule has 1 aliphatic carbocycles. The molecule has 2 N–H and O–H groups in total. The van der Waals surface area contributed by atoms with E-state index in [1.165, 1.54) is 11.3 Å². The van der Waals surface area contributed by atoms with Gasteiger partial charge >= 0.3 is 0 Å². The molecule has 0 aromatic carbocycles. The summed E-state index contributed by atoms with van der Waals surface area (Å²) in [4.78, 5) is 16.1. The van der Waals surface area contributed by atoms with E-state index in [9.17, 15) is 0 Å². The van der Waals surface area contributed by atoms with Gasteiger partial charge in [0, 0.05) is 42.8 Å². The van der Waals surface area contributed by atoms with E-state index in [1.807, 2.05) is 48.2 Å². The predicted molar refractivity (Wildman–Crippen MR) is 125 cm³/mol. The van der Waals surface area contributed by atoms with Gasteiger partial charge < -0.3 is 10.6 Å². The van der Waals surface area contributed by atoms with Gasteiger partial charge in [0.1, 0.15) is 5.52 Å². The average molecular weight is 446 g/mol. The number of pyridine rings is 2. The lowest BCUT2D eigenvalue weighted by molar-refractivity contribution is 0.187. The molecule has 4 aromatic rings. The van der Waals surface area contributed by atoms with Gasteiger partial charge in [0.25, 0.3) is 0 Å². The number of aromatic nitrogens is 5. The van der Waals surface area contributed by atoms with Crippen LogP contribution in [0.5, 0.6) is 0 Å². The maximum atomic E-state index is 6.72. The van der Waals surface area contributed by atoms with Crippen molar-refractivity contribution in [1.29, 1.82) is 0 Å². The number of anilines is 1. The van der Waals surface area contributed by atoms with Crippen molar-refractivity contribution in [1.82, 2.24) is 24.6 Å². The van der Waals surface area contributed by atoms with Gasteiger partial charge in [0.2, 0.25) is 0 Å². The van der Waals surface area contributed by atoms with E-state index >= 15 is 0 Å². The van der Waals surface area contributed by atoms with Crippen molar-refractivity contribution in [3.05, 3.63) is 71.0 Å². The summed E-state index contributed by atoms with van der Waals surface area (Å²) in [5, 5.41) is 5.20. The van der Waals surface area contributed by atoms with E-state index in [1.54, 1.807) is 6.20 Å².